The summed E-state index contributed by atoms with van der Waals surface area (Å²) in [5.41, 5.74) is 0.114. The summed E-state index contributed by atoms with van der Waals surface area (Å²) in [5, 5.41) is 2.86. The van der Waals surface area contributed by atoms with Crippen LogP contribution in [0.15, 0.2) is 51.7 Å². The Balaban J connectivity index is 1.86. The minimum atomic E-state index is -0.548. The molecule has 1 aliphatic heterocycles. The molecule has 4 nitrogen and oxygen atoms in total. The molecule has 128 valence electrons. The zero-order chi connectivity index (χ0) is 17.4. The van der Waals surface area contributed by atoms with Gasteiger partial charge in [-0.15, -0.1) is 0 Å². The van der Waals surface area contributed by atoms with Crippen molar-refractivity contribution in [1.82, 2.24) is 4.90 Å². The largest absolute Gasteiger partial charge is 0.422 e. The molecule has 25 heavy (non-hydrogen) atoms. The van der Waals surface area contributed by atoms with E-state index >= 15 is 0 Å². The van der Waals surface area contributed by atoms with Crippen LogP contribution in [-0.4, -0.2) is 23.4 Å². The van der Waals surface area contributed by atoms with Gasteiger partial charge in [-0.3, -0.25) is 4.79 Å². The number of piperidine rings is 1. The van der Waals surface area contributed by atoms with Gasteiger partial charge >= 0.3 is 5.63 Å². The molecule has 3 aromatic rings. The molecule has 0 bridgehead atoms. The van der Waals surface area contributed by atoms with E-state index in [2.05, 4.69) is 6.92 Å². The number of fused-ring (bicyclic) bond motifs is 3. The van der Waals surface area contributed by atoms with Crippen molar-refractivity contribution in [1.29, 1.82) is 0 Å². The lowest BCUT2D eigenvalue weighted by molar-refractivity contribution is 0.0604. The van der Waals surface area contributed by atoms with E-state index in [1.807, 2.05) is 35.2 Å². The van der Waals surface area contributed by atoms with Crippen molar-refractivity contribution in [2.45, 2.75) is 38.6 Å². The van der Waals surface area contributed by atoms with Crippen LogP contribution in [0.2, 0.25) is 0 Å². The lowest BCUT2D eigenvalue weighted by atomic mass is 9.98. The number of carbonyl (C=O) groups excluding carboxylic acids is 1. The molecule has 4 heteroatoms. The maximum Gasteiger partial charge on any atom is 0.349 e. The van der Waals surface area contributed by atoms with Crippen LogP contribution in [0.3, 0.4) is 0 Å². The van der Waals surface area contributed by atoms with Gasteiger partial charge in [0, 0.05) is 18.0 Å². The fourth-order valence-electron chi connectivity index (χ4n) is 3.87. The average Bonchev–Trinajstić information content (AvgIpc) is 2.66. The second-order valence-electron chi connectivity index (χ2n) is 6.70. The molecule has 1 aliphatic rings. The fraction of sp³-hybridized carbons (Fsp3) is 0.333. The average molecular weight is 335 g/mol. The molecule has 0 aliphatic carbocycles. The Kier molecular flexibility index (Phi) is 4.04. The van der Waals surface area contributed by atoms with Crippen molar-refractivity contribution in [3.05, 3.63) is 58.4 Å². The van der Waals surface area contributed by atoms with Crippen LogP contribution in [-0.2, 0) is 0 Å². The van der Waals surface area contributed by atoms with Gasteiger partial charge in [0.1, 0.15) is 11.1 Å². The van der Waals surface area contributed by atoms with Gasteiger partial charge in [0.25, 0.3) is 5.91 Å². The van der Waals surface area contributed by atoms with E-state index in [9.17, 15) is 9.59 Å². The van der Waals surface area contributed by atoms with E-state index in [0.717, 1.165) is 41.8 Å². The van der Waals surface area contributed by atoms with Crippen LogP contribution in [0.25, 0.3) is 21.7 Å². The van der Waals surface area contributed by atoms with Crippen molar-refractivity contribution in [2.24, 2.45) is 0 Å². The number of nitrogens with zero attached hydrogens (tertiary/aromatic N) is 1. The highest BCUT2D eigenvalue weighted by Crippen LogP contribution is 2.26. The van der Waals surface area contributed by atoms with Crippen LogP contribution < -0.4 is 5.63 Å². The van der Waals surface area contributed by atoms with Crippen LogP contribution in [0, 0.1) is 0 Å². The highest BCUT2D eigenvalue weighted by atomic mass is 16.4. The van der Waals surface area contributed by atoms with Crippen LogP contribution in [0.1, 0.15) is 43.0 Å². The quantitative estimate of drug-likeness (QED) is 0.517. The highest BCUT2D eigenvalue weighted by Gasteiger charge is 2.28. The van der Waals surface area contributed by atoms with Crippen LogP contribution in [0.4, 0.5) is 0 Å². The summed E-state index contributed by atoms with van der Waals surface area (Å²) in [6.45, 7) is 2.80. The standard InChI is InChI=1S/C21H21NO3/c1-2-15-8-5-6-12-22(15)20(23)18-13-17-16-9-4-3-7-14(16)10-11-19(17)25-21(18)24/h3-4,7,9-11,13,15H,2,5-6,8,12H2,1H3. The van der Waals surface area contributed by atoms with E-state index in [4.69, 9.17) is 4.42 Å². The first-order chi connectivity index (χ1) is 12.2. The first-order valence-corrected chi connectivity index (χ1v) is 8.95. The maximum atomic E-state index is 13.0. The molecule has 0 N–H and O–H groups in total. The molecule has 0 radical (unpaired) electrons. The molecule has 1 atom stereocenters. The number of hydrogen-bond acceptors (Lipinski definition) is 3. The fourth-order valence-corrected chi connectivity index (χ4v) is 3.87. The minimum Gasteiger partial charge on any atom is -0.422 e. The van der Waals surface area contributed by atoms with E-state index in [-0.39, 0.29) is 17.5 Å². The number of benzene rings is 2. The predicted octanol–water partition coefficient (Wildman–Crippen LogP) is 4.35. The predicted molar refractivity (Wildman–Crippen MR) is 99.0 cm³/mol. The number of likely N-dealkylation sites (tertiary alicyclic amines) is 1. The molecular weight excluding hydrogens is 314 g/mol. The third-order valence-electron chi connectivity index (χ3n) is 5.23. The van der Waals surface area contributed by atoms with E-state index in [0.29, 0.717) is 12.1 Å². The molecule has 1 fully saturated rings. The Morgan fingerprint density at radius 3 is 2.84 bits per heavy atom. The third-order valence-corrected chi connectivity index (χ3v) is 5.23. The molecular formula is C21H21NO3. The second-order valence-corrected chi connectivity index (χ2v) is 6.70. The number of carbonyl (C=O) groups is 1. The zero-order valence-electron chi connectivity index (χ0n) is 14.3. The van der Waals surface area contributed by atoms with Crippen molar-refractivity contribution >= 4 is 27.6 Å². The van der Waals surface area contributed by atoms with Crippen molar-refractivity contribution in [2.75, 3.05) is 6.54 Å². The minimum absolute atomic E-state index is 0.143. The van der Waals surface area contributed by atoms with Crippen molar-refractivity contribution < 1.29 is 9.21 Å². The summed E-state index contributed by atoms with van der Waals surface area (Å²) in [4.78, 5) is 27.3. The maximum absolute atomic E-state index is 13.0. The topological polar surface area (TPSA) is 50.5 Å². The molecule has 0 saturated carbocycles. The Hall–Kier alpha value is -2.62. The SMILES string of the molecule is CCC1CCCCN1C(=O)c1cc2c(ccc3ccccc32)oc1=O. The number of hydrogen-bond donors (Lipinski definition) is 0. The van der Waals surface area contributed by atoms with Gasteiger partial charge in [-0.2, -0.15) is 0 Å². The summed E-state index contributed by atoms with van der Waals surface area (Å²) >= 11 is 0. The van der Waals surface area contributed by atoms with Gasteiger partial charge in [-0.1, -0.05) is 37.3 Å². The van der Waals surface area contributed by atoms with Gasteiger partial charge < -0.3 is 9.32 Å². The monoisotopic (exact) mass is 335 g/mol. The van der Waals surface area contributed by atoms with Crippen molar-refractivity contribution in [3.63, 3.8) is 0 Å². The van der Waals surface area contributed by atoms with E-state index in [1.54, 1.807) is 12.1 Å². The molecule has 1 aromatic heterocycles. The molecule has 2 heterocycles. The summed E-state index contributed by atoms with van der Waals surface area (Å²) in [5.74, 6) is -0.199. The van der Waals surface area contributed by atoms with Crippen LogP contribution >= 0.6 is 0 Å². The summed E-state index contributed by atoms with van der Waals surface area (Å²) in [7, 11) is 0. The van der Waals surface area contributed by atoms with E-state index in [1.165, 1.54) is 0 Å². The normalized spacial score (nSPS) is 18.0. The van der Waals surface area contributed by atoms with Gasteiger partial charge in [-0.25, -0.2) is 4.79 Å². The van der Waals surface area contributed by atoms with E-state index < -0.39 is 5.63 Å². The molecule has 2 aromatic carbocycles. The Labute approximate surface area is 146 Å². The van der Waals surface area contributed by atoms with Crippen molar-refractivity contribution in [3.8, 4) is 0 Å². The molecule has 4 rings (SSSR count). The Bertz CT molecular complexity index is 1000. The highest BCUT2D eigenvalue weighted by molar-refractivity contribution is 6.07. The van der Waals surface area contributed by atoms with Gasteiger partial charge in [-0.05, 0) is 48.6 Å². The first-order valence-electron chi connectivity index (χ1n) is 8.95. The second kappa shape index (κ2) is 6.36. The molecule has 1 saturated heterocycles. The summed E-state index contributed by atoms with van der Waals surface area (Å²) in [6, 6.07) is 13.6. The van der Waals surface area contributed by atoms with Gasteiger partial charge in [0.05, 0.1) is 0 Å². The van der Waals surface area contributed by atoms with Gasteiger partial charge in [0.2, 0.25) is 0 Å². The molecule has 0 spiro atoms. The third kappa shape index (κ3) is 2.72. The van der Waals surface area contributed by atoms with Crippen LogP contribution in [0.5, 0.6) is 0 Å². The smallest absolute Gasteiger partial charge is 0.349 e. The lowest BCUT2D eigenvalue weighted by Gasteiger charge is -2.35. The zero-order valence-corrected chi connectivity index (χ0v) is 14.3. The molecule has 1 unspecified atom stereocenters. The number of rotatable bonds is 2. The summed E-state index contributed by atoms with van der Waals surface area (Å²) in [6.07, 6.45) is 4.04. The molecule has 1 amide bonds. The first kappa shape index (κ1) is 15.9. The Morgan fingerprint density at radius 1 is 1.16 bits per heavy atom. The summed E-state index contributed by atoms with van der Waals surface area (Å²) < 4.78 is 5.48. The Morgan fingerprint density at radius 2 is 2.00 bits per heavy atom. The lowest BCUT2D eigenvalue weighted by Crippen LogP contribution is -2.44. The van der Waals surface area contributed by atoms with Gasteiger partial charge in [0.15, 0.2) is 0 Å². The number of amides is 1.